The predicted molar refractivity (Wildman–Crippen MR) is 193 cm³/mol. The van der Waals surface area contributed by atoms with E-state index in [9.17, 15) is 0 Å². The Hall–Kier alpha value is -3.08. The summed E-state index contributed by atoms with van der Waals surface area (Å²) in [6.45, 7) is 8.04. The lowest BCUT2D eigenvalue weighted by molar-refractivity contribution is 0.0176. The summed E-state index contributed by atoms with van der Waals surface area (Å²) in [7, 11) is 0. The lowest BCUT2D eigenvalue weighted by atomic mass is 10.1. The third-order valence-electron chi connectivity index (χ3n) is 7.05. The molecule has 0 unspecified atom stereocenters. The number of aryl methyl sites for hydroxylation is 1. The zero-order valence-electron chi connectivity index (χ0n) is 25.5. The average molecular weight is 673 g/mol. The Morgan fingerprint density at radius 2 is 0.911 bits per heavy atom. The second-order valence-electron chi connectivity index (χ2n) is 10.3. The zero-order valence-corrected chi connectivity index (χ0v) is 28.7. The second-order valence-corrected chi connectivity index (χ2v) is 15.0. The Bertz CT molecular complexity index is 1760. The molecule has 4 heterocycles. The van der Waals surface area contributed by atoms with Crippen LogP contribution in [0.5, 0.6) is 11.5 Å². The molecule has 0 radical (unpaired) electrons. The lowest BCUT2D eigenvalue weighted by Crippen LogP contribution is -2.10. The van der Waals surface area contributed by atoms with Gasteiger partial charge >= 0.3 is 0 Å². The molecule has 6 aromatic rings. The van der Waals surface area contributed by atoms with E-state index in [-0.39, 0.29) is 0 Å². The molecule has 0 N–H and O–H groups in total. The van der Waals surface area contributed by atoms with Crippen molar-refractivity contribution in [3.05, 3.63) is 107 Å². The number of hydrogen-bond acceptors (Lipinski definition) is 8. The van der Waals surface area contributed by atoms with E-state index in [1.165, 1.54) is 50.1 Å². The Morgan fingerprint density at radius 1 is 0.444 bits per heavy atom. The van der Waals surface area contributed by atoms with E-state index in [4.69, 9.17) is 18.9 Å². The van der Waals surface area contributed by atoms with E-state index in [2.05, 4.69) is 79.7 Å². The minimum absolute atomic E-state index is 0.608. The molecule has 0 aliphatic rings. The largest absolute Gasteiger partial charge is 0.457 e. The van der Waals surface area contributed by atoms with Crippen molar-refractivity contribution in [2.45, 2.75) is 20.3 Å². The average Bonchev–Trinajstić information content (AvgIpc) is 3.88. The normalized spacial score (nSPS) is 11.3. The first kappa shape index (κ1) is 31.9. The molecule has 0 saturated heterocycles. The van der Waals surface area contributed by atoms with Gasteiger partial charge < -0.3 is 18.9 Å². The maximum absolute atomic E-state index is 6.13. The van der Waals surface area contributed by atoms with Crippen LogP contribution >= 0.6 is 45.3 Å². The molecule has 0 atom stereocenters. The van der Waals surface area contributed by atoms with Crippen LogP contribution < -0.4 is 4.74 Å². The first-order valence-corrected chi connectivity index (χ1v) is 18.4. The molecule has 0 aliphatic carbocycles. The van der Waals surface area contributed by atoms with Crippen LogP contribution in [0.15, 0.2) is 97.1 Å². The predicted octanol–water partition coefficient (Wildman–Crippen LogP) is 11.3. The fraction of sp³-hybridized carbons (Fsp3) is 0.243. The minimum Gasteiger partial charge on any atom is -0.457 e. The topological polar surface area (TPSA) is 36.9 Å². The van der Waals surface area contributed by atoms with Gasteiger partial charge in [-0.2, -0.15) is 0 Å². The van der Waals surface area contributed by atoms with Crippen molar-refractivity contribution in [3.63, 3.8) is 0 Å². The number of benzene rings is 2. The van der Waals surface area contributed by atoms with Crippen LogP contribution in [0.2, 0.25) is 0 Å². The van der Waals surface area contributed by atoms with Gasteiger partial charge in [0, 0.05) is 52.0 Å². The van der Waals surface area contributed by atoms with E-state index in [1.807, 2.05) is 76.5 Å². The van der Waals surface area contributed by atoms with Gasteiger partial charge in [0.25, 0.3) is 0 Å². The van der Waals surface area contributed by atoms with Crippen LogP contribution in [0.1, 0.15) is 16.7 Å². The molecule has 0 bridgehead atoms. The molecule has 0 aliphatic heterocycles. The highest BCUT2D eigenvalue weighted by atomic mass is 32.1. The quantitative estimate of drug-likeness (QED) is 0.0959. The molecule has 0 saturated carbocycles. The fourth-order valence-electron chi connectivity index (χ4n) is 4.73. The van der Waals surface area contributed by atoms with Gasteiger partial charge in [0.05, 0.1) is 33.0 Å². The Balaban J connectivity index is 0.993. The maximum atomic E-state index is 6.13. The molecule has 0 fully saturated rings. The van der Waals surface area contributed by atoms with E-state index in [0.29, 0.717) is 33.0 Å². The SMILES string of the molecule is CCOCCOCCOCCc1ccc(-c2ccc(-c3ccc(-c4ccc(Oc5ccc(-c6ccc(C)s6)cc5)cc4)s3)s2)s1. The van der Waals surface area contributed by atoms with Crippen molar-refractivity contribution in [2.24, 2.45) is 0 Å². The summed E-state index contributed by atoms with van der Waals surface area (Å²) >= 11 is 7.34. The van der Waals surface area contributed by atoms with Crippen LogP contribution in [0.3, 0.4) is 0 Å². The van der Waals surface area contributed by atoms with Gasteiger partial charge in [0.1, 0.15) is 11.5 Å². The first-order chi connectivity index (χ1) is 22.1. The minimum atomic E-state index is 0.608. The van der Waals surface area contributed by atoms with E-state index in [1.54, 1.807) is 0 Å². The standard InChI is InChI=1S/C37H36O4S4/c1-3-38-22-23-40-25-24-39-21-20-31-13-15-34(43-31)35-18-19-37(45-35)36-17-16-33(44-36)28-7-11-30(12-8-28)41-29-9-5-27(6-10-29)32-14-4-26(2)42-32/h4-19H,3,20-25H2,1-2H3. The van der Waals surface area contributed by atoms with Gasteiger partial charge in [-0.1, -0.05) is 0 Å². The van der Waals surface area contributed by atoms with Crippen LogP contribution in [0.25, 0.3) is 40.4 Å². The van der Waals surface area contributed by atoms with Crippen LogP contribution in [0, 0.1) is 6.92 Å². The highest BCUT2D eigenvalue weighted by Crippen LogP contribution is 2.42. The van der Waals surface area contributed by atoms with Crippen molar-refractivity contribution in [1.29, 1.82) is 0 Å². The summed E-state index contributed by atoms with van der Waals surface area (Å²) in [5, 5.41) is 0. The van der Waals surface area contributed by atoms with E-state index in [0.717, 1.165) is 24.5 Å². The molecule has 8 heteroatoms. The second kappa shape index (κ2) is 16.0. The monoisotopic (exact) mass is 672 g/mol. The van der Waals surface area contributed by atoms with Gasteiger partial charge in [0.2, 0.25) is 0 Å². The molecule has 45 heavy (non-hydrogen) atoms. The van der Waals surface area contributed by atoms with Gasteiger partial charge in [-0.25, -0.2) is 0 Å². The van der Waals surface area contributed by atoms with Crippen LogP contribution in [0.4, 0.5) is 0 Å². The summed E-state index contributed by atoms with van der Waals surface area (Å²) < 4.78 is 22.7. The molecule has 4 nitrogen and oxygen atoms in total. The van der Waals surface area contributed by atoms with Crippen molar-refractivity contribution in [3.8, 4) is 51.9 Å². The van der Waals surface area contributed by atoms with Crippen molar-refractivity contribution < 1.29 is 18.9 Å². The maximum Gasteiger partial charge on any atom is 0.127 e. The Kier molecular flexibility index (Phi) is 11.3. The molecule has 6 rings (SSSR count). The Labute approximate surface area is 281 Å². The van der Waals surface area contributed by atoms with Gasteiger partial charge in [-0.3, -0.25) is 0 Å². The summed E-state index contributed by atoms with van der Waals surface area (Å²) in [4.78, 5) is 10.4. The number of thiophene rings is 4. The molecular weight excluding hydrogens is 637 g/mol. The fourth-order valence-corrected chi connectivity index (χ4v) is 8.79. The first-order valence-electron chi connectivity index (χ1n) is 15.1. The number of ether oxygens (including phenoxy) is 4. The van der Waals surface area contributed by atoms with E-state index < -0.39 is 0 Å². The van der Waals surface area contributed by atoms with Gasteiger partial charge in [0.15, 0.2) is 0 Å². The van der Waals surface area contributed by atoms with Crippen molar-refractivity contribution in [2.75, 3.05) is 39.6 Å². The highest BCUT2D eigenvalue weighted by Gasteiger charge is 2.11. The lowest BCUT2D eigenvalue weighted by Gasteiger charge is -2.07. The van der Waals surface area contributed by atoms with Crippen molar-refractivity contribution >= 4 is 45.3 Å². The van der Waals surface area contributed by atoms with Crippen molar-refractivity contribution in [1.82, 2.24) is 0 Å². The van der Waals surface area contributed by atoms with Crippen LogP contribution in [-0.4, -0.2) is 39.6 Å². The third-order valence-corrected chi connectivity index (χ3v) is 11.9. The summed E-state index contributed by atoms with van der Waals surface area (Å²) in [5.74, 6) is 1.68. The van der Waals surface area contributed by atoms with Gasteiger partial charge in [-0.15, -0.1) is 45.3 Å². The number of hydrogen-bond donors (Lipinski definition) is 0. The molecule has 0 spiro atoms. The van der Waals surface area contributed by atoms with E-state index >= 15 is 0 Å². The molecule has 0 amide bonds. The third kappa shape index (κ3) is 8.80. The zero-order chi connectivity index (χ0) is 30.8. The molecular formula is C37H36O4S4. The smallest absolute Gasteiger partial charge is 0.127 e. The molecule has 232 valence electrons. The Morgan fingerprint density at radius 3 is 1.49 bits per heavy atom. The van der Waals surface area contributed by atoms with Gasteiger partial charge in [-0.05, 0) is 122 Å². The van der Waals surface area contributed by atoms with Crippen LogP contribution in [-0.2, 0) is 20.6 Å². The number of rotatable bonds is 16. The highest BCUT2D eigenvalue weighted by molar-refractivity contribution is 7.27. The summed E-state index contributed by atoms with van der Waals surface area (Å²) in [6, 6.07) is 34.4. The summed E-state index contributed by atoms with van der Waals surface area (Å²) in [5.41, 5.74) is 2.41. The summed E-state index contributed by atoms with van der Waals surface area (Å²) in [6.07, 6.45) is 0.918. The molecule has 2 aromatic carbocycles. The molecule has 4 aromatic heterocycles.